The van der Waals surface area contributed by atoms with Crippen LogP contribution >= 0.6 is 0 Å². The minimum Gasteiger partial charge on any atom is -0.303 e. The third kappa shape index (κ3) is 6.00. The van der Waals surface area contributed by atoms with Crippen molar-refractivity contribution in [3.63, 3.8) is 0 Å². The highest BCUT2D eigenvalue weighted by Crippen LogP contribution is 2.20. The van der Waals surface area contributed by atoms with E-state index in [1.54, 1.807) is 0 Å². The SMILES string of the molecule is CCCCCCCCCC(C=O)c1ccccc1. The fraction of sp³-hybridized carbons (Fsp3) is 0.588. The zero-order chi connectivity index (χ0) is 13.1. The first-order valence-electron chi connectivity index (χ1n) is 7.38. The molecule has 0 amide bonds. The van der Waals surface area contributed by atoms with Crippen molar-refractivity contribution in [1.82, 2.24) is 0 Å². The van der Waals surface area contributed by atoms with Crippen LogP contribution in [0.2, 0.25) is 0 Å². The molecule has 18 heavy (non-hydrogen) atoms. The molecule has 0 aliphatic rings. The Morgan fingerprint density at radius 3 is 2.17 bits per heavy atom. The largest absolute Gasteiger partial charge is 0.303 e. The summed E-state index contributed by atoms with van der Waals surface area (Å²) in [6, 6.07) is 10.1. The Kier molecular flexibility index (Phi) is 8.20. The van der Waals surface area contributed by atoms with Gasteiger partial charge in [0.05, 0.1) is 0 Å². The van der Waals surface area contributed by atoms with E-state index >= 15 is 0 Å². The number of carbonyl (C=O) groups is 1. The maximum Gasteiger partial charge on any atom is 0.127 e. The van der Waals surface area contributed by atoms with E-state index in [-0.39, 0.29) is 5.92 Å². The molecule has 1 heteroatoms. The van der Waals surface area contributed by atoms with Crippen LogP contribution in [0.15, 0.2) is 30.3 Å². The van der Waals surface area contributed by atoms with E-state index in [1.807, 2.05) is 18.2 Å². The van der Waals surface area contributed by atoms with Gasteiger partial charge >= 0.3 is 0 Å². The number of hydrogen-bond donors (Lipinski definition) is 0. The van der Waals surface area contributed by atoms with Gasteiger partial charge in [0, 0.05) is 5.92 Å². The van der Waals surface area contributed by atoms with Crippen LogP contribution in [-0.2, 0) is 4.79 Å². The number of benzene rings is 1. The Bertz CT molecular complexity index is 305. The van der Waals surface area contributed by atoms with Gasteiger partial charge < -0.3 is 4.79 Å². The summed E-state index contributed by atoms with van der Waals surface area (Å²) in [4.78, 5) is 11.1. The summed E-state index contributed by atoms with van der Waals surface area (Å²) in [7, 11) is 0. The number of carbonyl (C=O) groups excluding carboxylic acids is 1. The van der Waals surface area contributed by atoms with Crippen LogP contribution in [0.5, 0.6) is 0 Å². The second kappa shape index (κ2) is 9.87. The molecule has 1 unspecified atom stereocenters. The van der Waals surface area contributed by atoms with Crippen molar-refractivity contribution in [2.24, 2.45) is 0 Å². The van der Waals surface area contributed by atoms with Crippen molar-refractivity contribution in [3.8, 4) is 0 Å². The van der Waals surface area contributed by atoms with E-state index in [9.17, 15) is 4.79 Å². The van der Waals surface area contributed by atoms with Gasteiger partial charge in [-0.25, -0.2) is 0 Å². The number of hydrogen-bond acceptors (Lipinski definition) is 1. The van der Waals surface area contributed by atoms with E-state index in [0.29, 0.717) is 0 Å². The second-order valence-corrected chi connectivity index (χ2v) is 5.06. The summed E-state index contributed by atoms with van der Waals surface area (Å²) >= 11 is 0. The van der Waals surface area contributed by atoms with Crippen LogP contribution < -0.4 is 0 Å². The molecule has 1 nitrogen and oxygen atoms in total. The quantitative estimate of drug-likeness (QED) is 0.414. The van der Waals surface area contributed by atoms with E-state index in [4.69, 9.17) is 0 Å². The normalized spacial score (nSPS) is 12.3. The highest BCUT2D eigenvalue weighted by molar-refractivity contribution is 5.61. The zero-order valence-corrected chi connectivity index (χ0v) is 11.6. The summed E-state index contributed by atoms with van der Waals surface area (Å²) in [6.45, 7) is 2.24. The van der Waals surface area contributed by atoms with E-state index in [0.717, 1.165) is 12.7 Å². The molecule has 0 spiro atoms. The van der Waals surface area contributed by atoms with Gasteiger partial charge in [0.2, 0.25) is 0 Å². The maximum absolute atomic E-state index is 11.1. The van der Waals surface area contributed by atoms with E-state index in [2.05, 4.69) is 19.1 Å². The molecular formula is C17H26O. The van der Waals surface area contributed by atoms with Crippen LogP contribution in [0.25, 0.3) is 0 Å². The maximum atomic E-state index is 11.1. The van der Waals surface area contributed by atoms with Crippen molar-refractivity contribution in [3.05, 3.63) is 35.9 Å². The minimum absolute atomic E-state index is 0.0989. The summed E-state index contributed by atoms with van der Waals surface area (Å²) in [5, 5.41) is 0. The first kappa shape index (κ1) is 14.9. The summed E-state index contributed by atoms with van der Waals surface area (Å²) < 4.78 is 0. The van der Waals surface area contributed by atoms with E-state index < -0.39 is 0 Å². The molecule has 0 radical (unpaired) electrons. The highest BCUT2D eigenvalue weighted by Gasteiger charge is 2.08. The third-order valence-electron chi connectivity index (χ3n) is 3.51. The molecule has 1 atom stereocenters. The fourth-order valence-corrected chi connectivity index (χ4v) is 2.33. The number of unbranched alkanes of at least 4 members (excludes halogenated alkanes) is 6. The Labute approximate surface area is 112 Å². The lowest BCUT2D eigenvalue weighted by atomic mass is 9.94. The van der Waals surface area contributed by atoms with Gasteiger partial charge in [0.1, 0.15) is 6.29 Å². The molecule has 0 fully saturated rings. The second-order valence-electron chi connectivity index (χ2n) is 5.06. The van der Waals surface area contributed by atoms with Crippen molar-refractivity contribution in [1.29, 1.82) is 0 Å². The molecule has 0 heterocycles. The van der Waals surface area contributed by atoms with Crippen molar-refractivity contribution >= 4 is 6.29 Å². The lowest BCUT2D eigenvalue weighted by molar-refractivity contribution is -0.109. The molecule has 0 saturated carbocycles. The van der Waals surface area contributed by atoms with Gasteiger partial charge in [-0.3, -0.25) is 0 Å². The molecule has 0 aliphatic carbocycles. The average Bonchev–Trinajstić information content (AvgIpc) is 2.43. The smallest absolute Gasteiger partial charge is 0.127 e. The lowest BCUT2D eigenvalue weighted by Gasteiger charge is -2.10. The molecule has 0 aromatic heterocycles. The van der Waals surface area contributed by atoms with Crippen LogP contribution in [0.1, 0.15) is 69.8 Å². The van der Waals surface area contributed by atoms with E-state index in [1.165, 1.54) is 50.5 Å². The van der Waals surface area contributed by atoms with Gasteiger partial charge in [-0.2, -0.15) is 0 Å². The molecule has 100 valence electrons. The van der Waals surface area contributed by atoms with Gasteiger partial charge in [-0.05, 0) is 12.0 Å². The molecule has 1 aromatic carbocycles. The summed E-state index contributed by atoms with van der Waals surface area (Å²) in [6.07, 6.45) is 11.2. The van der Waals surface area contributed by atoms with Crippen molar-refractivity contribution in [2.75, 3.05) is 0 Å². The van der Waals surface area contributed by atoms with Crippen LogP contribution in [-0.4, -0.2) is 6.29 Å². The zero-order valence-electron chi connectivity index (χ0n) is 11.6. The van der Waals surface area contributed by atoms with Gasteiger partial charge in [-0.15, -0.1) is 0 Å². The Hall–Kier alpha value is -1.11. The molecule has 0 aliphatic heterocycles. The molecule has 1 rings (SSSR count). The molecule has 0 N–H and O–H groups in total. The molecule has 1 aromatic rings. The monoisotopic (exact) mass is 246 g/mol. The minimum atomic E-state index is 0.0989. The lowest BCUT2D eigenvalue weighted by Crippen LogP contribution is -2.00. The van der Waals surface area contributed by atoms with Crippen LogP contribution in [0.3, 0.4) is 0 Å². The predicted molar refractivity (Wildman–Crippen MR) is 77.9 cm³/mol. The Morgan fingerprint density at radius 1 is 0.944 bits per heavy atom. The fourth-order valence-electron chi connectivity index (χ4n) is 2.33. The topological polar surface area (TPSA) is 17.1 Å². The third-order valence-corrected chi connectivity index (χ3v) is 3.51. The van der Waals surface area contributed by atoms with Crippen LogP contribution in [0.4, 0.5) is 0 Å². The highest BCUT2D eigenvalue weighted by atomic mass is 16.1. The molecule has 0 bridgehead atoms. The average molecular weight is 246 g/mol. The van der Waals surface area contributed by atoms with Crippen molar-refractivity contribution in [2.45, 2.75) is 64.2 Å². The summed E-state index contributed by atoms with van der Waals surface area (Å²) in [5.74, 6) is 0.0989. The van der Waals surface area contributed by atoms with Gasteiger partial charge in [0.25, 0.3) is 0 Å². The van der Waals surface area contributed by atoms with Gasteiger partial charge in [-0.1, -0.05) is 82.2 Å². The van der Waals surface area contributed by atoms with Gasteiger partial charge in [0.15, 0.2) is 0 Å². The standard InChI is InChI=1S/C17H26O/c1-2-3-4-5-6-7-9-14-17(15-18)16-12-10-8-11-13-16/h8,10-13,15,17H,2-7,9,14H2,1H3. The number of aldehydes is 1. The Morgan fingerprint density at radius 2 is 1.56 bits per heavy atom. The first-order chi connectivity index (χ1) is 8.88. The predicted octanol–water partition coefficient (Wildman–Crippen LogP) is 5.11. The van der Waals surface area contributed by atoms with Crippen LogP contribution in [0, 0.1) is 0 Å². The molecular weight excluding hydrogens is 220 g/mol. The Balaban J connectivity index is 2.15. The van der Waals surface area contributed by atoms with Crippen molar-refractivity contribution < 1.29 is 4.79 Å². The summed E-state index contributed by atoms with van der Waals surface area (Å²) in [5.41, 5.74) is 1.17. The first-order valence-corrected chi connectivity index (χ1v) is 7.38. The number of rotatable bonds is 10. The molecule has 0 saturated heterocycles.